The van der Waals surface area contributed by atoms with E-state index in [2.05, 4.69) is 19.2 Å². The van der Waals surface area contributed by atoms with Crippen LogP contribution in [0.5, 0.6) is 0 Å². The van der Waals surface area contributed by atoms with Crippen LogP contribution in [0.2, 0.25) is 0 Å². The quantitative estimate of drug-likeness (QED) is 0.669. The molecule has 0 saturated carbocycles. The Labute approximate surface area is 103 Å². The third-order valence-corrected chi connectivity index (χ3v) is 3.39. The molecule has 2 amide bonds. The van der Waals surface area contributed by atoms with E-state index in [1.165, 1.54) is 0 Å². The van der Waals surface area contributed by atoms with Gasteiger partial charge in [-0.15, -0.1) is 0 Å². The molecule has 0 aliphatic carbocycles. The number of hydrogen-bond acceptors (Lipinski definition) is 4. The molecule has 1 aliphatic heterocycles. The number of nitrogens with zero attached hydrogens (tertiary/aromatic N) is 1. The number of nitrogens with two attached hydrogens (primary N) is 1. The maximum absolute atomic E-state index is 11.4. The summed E-state index contributed by atoms with van der Waals surface area (Å²) in [6, 6.07) is -0.214. The Kier molecular flexibility index (Phi) is 4.65. The van der Waals surface area contributed by atoms with Crippen LogP contribution in [0, 0.1) is 5.41 Å². The maximum Gasteiger partial charge on any atom is 0.243 e. The lowest BCUT2D eigenvalue weighted by Gasteiger charge is -2.32. The van der Waals surface area contributed by atoms with Crippen LogP contribution < -0.4 is 11.1 Å². The van der Waals surface area contributed by atoms with Gasteiger partial charge in [-0.1, -0.05) is 13.8 Å². The average Bonchev–Trinajstić information content (AvgIpc) is 2.24. The van der Waals surface area contributed by atoms with E-state index in [-0.39, 0.29) is 23.3 Å². The highest BCUT2D eigenvalue weighted by Gasteiger charge is 2.29. The van der Waals surface area contributed by atoms with E-state index in [1.54, 1.807) is 0 Å². The smallest absolute Gasteiger partial charge is 0.243 e. The van der Waals surface area contributed by atoms with Crippen LogP contribution in [0.15, 0.2) is 0 Å². The van der Waals surface area contributed by atoms with Gasteiger partial charge in [-0.3, -0.25) is 19.8 Å². The lowest BCUT2D eigenvalue weighted by atomic mass is 9.88. The summed E-state index contributed by atoms with van der Waals surface area (Å²) in [6.07, 6.45) is 1.96. The van der Waals surface area contributed by atoms with Crippen LogP contribution in [0.3, 0.4) is 0 Å². The number of amides is 2. The van der Waals surface area contributed by atoms with Crippen LogP contribution in [0.4, 0.5) is 0 Å². The minimum absolute atomic E-state index is 0.130. The molecule has 1 saturated heterocycles. The lowest BCUT2D eigenvalue weighted by Crippen LogP contribution is -2.56. The SMILES string of the molecule is CC1C(=O)NC(=O)CN1CCCC(C)(C)CN. The number of carbonyl (C=O) groups excluding carboxylic acids is 2. The van der Waals surface area contributed by atoms with Gasteiger partial charge in [0.25, 0.3) is 0 Å². The molecule has 5 heteroatoms. The first-order valence-corrected chi connectivity index (χ1v) is 6.13. The molecule has 0 radical (unpaired) electrons. The molecule has 1 rings (SSSR count). The van der Waals surface area contributed by atoms with Gasteiger partial charge < -0.3 is 5.73 Å². The van der Waals surface area contributed by atoms with Crippen LogP contribution in [-0.4, -0.2) is 42.4 Å². The molecule has 1 fully saturated rings. The molecule has 0 bridgehead atoms. The van der Waals surface area contributed by atoms with Gasteiger partial charge in [0.15, 0.2) is 0 Å². The van der Waals surface area contributed by atoms with Crippen molar-refractivity contribution in [3.8, 4) is 0 Å². The molecule has 1 unspecified atom stereocenters. The van der Waals surface area contributed by atoms with Crippen molar-refractivity contribution >= 4 is 11.8 Å². The van der Waals surface area contributed by atoms with Crippen molar-refractivity contribution in [2.45, 2.75) is 39.7 Å². The summed E-state index contributed by atoms with van der Waals surface area (Å²) in [5, 5.41) is 2.34. The Bertz CT molecular complexity index is 302. The number of rotatable bonds is 5. The first kappa shape index (κ1) is 14.1. The summed E-state index contributed by atoms with van der Waals surface area (Å²) in [5.74, 6) is -0.398. The fraction of sp³-hybridized carbons (Fsp3) is 0.833. The van der Waals surface area contributed by atoms with Crippen molar-refractivity contribution in [2.75, 3.05) is 19.6 Å². The molecular formula is C12H23N3O2. The number of piperazine rings is 1. The molecular weight excluding hydrogens is 218 g/mol. The highest BCUT2D eigenvalue weighted by Crippen LogP contribution is 2.20. The van der Waals surface area contributed by atoms with Crippen LogP contribution in [0.25, 0.3) is 0 Å². The molecule has 98 valence electrons. The Morgan fingerprint density at radius 2 is 2.12 bits per heavy atom. The predicted molar refractivity (Wildman–Crippen MR) is 66.3 cm³/mol. The highest BCUT2D eigenvalue weighted by molar-refractivity contribution is 6.00. The monoisotopic (exact) mass is 241 g/mol. The van der Waals surface area contributed by atoms with E-state index in [9.17, 15) is 9.59 Å². The normalized spacial score (nSPS) is 22.7. The molecule has 1 aliphatic rings. The minimum Gasteiger partial charge on any atom is -0.330 e. The Hall–Kier alpha value is -0.940. The van der Waals surface area contributed by atoms with Gasteiger partial charge in [-0.05, 0) is 38.3 Å². The van der Waals surface area contributed by atoms with Gasteiger partial charge in [0.05, 0.1) is 12.6 Å². The van der Waals surface area contributed by atoms with Crippen molar-refractivity contribution in [1.29, 1.82) is 0 Å². The van der Waals surface area contributed by atoms with E-state index in [1.807, 2.05) is 11.8 Å². The summed E-state index contributed by atoms with van der Waals surface area (Å²) in [4.78, 5) is 24.6. The second kappa shape index (κ2) is 5.60. The van der Waals surface area contributed by atoms with Gasteiger partial charge in [-0.2, -0.15) is 0 Å². The Morgan fingerprint density at radius 3 is 2.71 bits per heavy atom. The van der Waals surface area contributed by atoms with Crippen molar-refractivity contribution in [2.24, 2.45) is 11.1 Å². The topological polar surface area (TPSA) is 75.4 Å². The zero-order valence-corrected chi connectivity index (χ0v) is 11.0. The zero-order valence-electron chi connectivity index (χ0n) is 11.0. The molecule has 3 N–H and O–H groups in total. The highest BCUT2D eigenvalue weighted by atomic mass is 16.2. The molecule has 1 heterocycles. The summed E-state index contributed by atoms with van der Waals surface area (Å²) in [7, 11) is 0. The first-order valence-electron chi connectivity index (χ1n) is 6.13. The van der Waals surface area contributed by atoms with Crippen LogP contribution in [-0.2, 0) is 9.59 Å². The van der Waals surface area contributed by atoms with Gasteiger partial charge in [0, 0.05) is 0 Å². The fourth-order valence-corrected chi connectivity index (χ4v) is 1.90. The number of carbonyl (C=O) groups is 2. The van der Waals surface area contributed by atoms with E-state index < -0.39 is 0 Å². The molecule has 17 heavy (non-hydrogen) atoms. The van der Waals surface area contributed by atoms with Crippen molar-refractivity contribution in [3.05, 3.63) is 0 Å². The van der Waals surface area contributed by atoms with Crippen molar-refractivity contribution in [3.63, 3.8) is 0 Å². The van der Waals surface area contributed by atoms with Crippen molar-refractivity contribution < 1.29 is 9.59 Å². The second-order valence-corrected chi connectivity index (χ2v) is 5.53. The third kappa shape index (κ3) is 4.09. The molecule has 1 atom stereocenters. The number of hydrogen-bond donors (Lipinski definition) is 2. The molecule has 5 nitrogen and oxygen atoms in total. The summed E-state index contributed by atoms with van der Waals surface area (Å²) in [5.41, 5.74) is 5.80. The lowest BCUT2D eigenvalue weighted by molar-refractivity contribution is -0.139. The Morgan fingerprint density at radius 1 is 1.47 bits per heavy atom. The van der Waals surface area contributed by atoms with Gasteiger partial charge in [-0.25, -0.2) is 0 Å². The predicted octanol–water partition coefficient (Wildman–Crippen LogP) is 0.0984. The summed E-state index contributed by atoms with van der Waals surface area (Å²) >= 11 is 0. The largest absolute Gasteiger partial charge is 0.330 e. The zero-order chi connectivity index (χ0) is 13.1. The maximum atomic E-state index is 11.4. The number of imide groups is 1. The molecule has 0 spiro atoms. The summed E-state index contributed by atoms with van der Waals surface area (Å²) < 4.78 is 0. The van der Waals surface area contributed by atoms with Crippen molar-refractivity contribution in [1.82, 2.24) is 10.2 Å². The van der Waals surface area contributed by atoms with Crippen LogP contribution in [0.1, 0.15) is 33.6 Å². The molecule has 0 aromatic carbocycles. The van der Waals surface area contributed by atoms with Gasteiger partial charge in [0.2, 0.25) is 11.8 Å². The molecule has 0 aromatic rings. The minimum atomic E-state index is -0.214. The van der Waals surface area contributed by atoms with E-state index in [4.69, 9.17) is 5.73 Å². The standard InChI is InChI=1S/C12H23N3O2/c1-9-11(17)14-10(16)7-15(9)6-4-5-12(2,3)8-13/h9H,4-8,13H2,1-3H3,(H,14,16,17). The third-order valence-electron chi connectivity index (χ3n) is 3.39. The average molecular weight is 241 g/mol. The van der Waals surface area contributed by atoms with E-state index >= 15 is 0 Å². The van der Waals surface area contributed by atoms with Gasteiger partial charge in [0.1, 0.15) is 0 Å². The number of nitrogens with one attached hydrogen (secondary N) is 1. The second-order valence-electron chi connectivity index (χ2n) is 5.53. The van der Waals surface area contributed by atoms with E-state index in [0.29, 0.717) is 13.1 Å². The fourth-order valence-electron chi connectivity index (χ4n) is 1.90. The molecule has 0 aromatic heterocycles. The summed E-state index contributed by atoms with van der Waals surface area (Å²) in [6.45, 7) is 7.83. The van der Waals surface area contributed by atoms with Crippen LogP contribution >= 0.6 is 0 Å². The van der Waals surface area contributed by atoms with E-state index in [0.717, 1.165) is 19.4 Å². The first-order chi connectivity index (χ1) is 7.85. The Balaban J connectivity index is 2.40. The van der Waals surface area contributed by atoms with Gasteiger partial charge >= 0.3 is 0 Å².